The molecule has 0 spiro atoms. The normalized spacial score (nSPS) is 15.8. The molecule has 1 aromatic heterocycles. The van der Waals surface area contributed by atoms with Crippen LogP contribution in [0.1, 0.15) is 22.5 Å². The summed E-state index contributed by atoms with van der Waals surface area (Å²) in [7, 11) is 0. The quantitative estimate of drug-likeness (QED) is 0.318. The molecule has 0 aliphatic carbocycles. The molecule has 10 heteroatoms. The third kappa shape index (κ3) is 3.97. The molecule has 2 heterocycles. The van der Waals surface area contributed by atoms with Crippen molar-refractivity contribution in [2.24, 2.45) is 0 Å². The maximum atomic E-state index is 13.4. The van der Waals surface area contributed by atoms with Gasteiger partial charge in [-0.05, 0) is 36.4 Å². The number of nitrogens with zero attached hydrogens (tertiary/aromatic N) is 3. The van der Waals surface area contributed by atoms with Gasteiger partial charge in [0.05, 0.1) is 29.8 Å². The van der Waals surface area contributed by atoms with Gasteiger partial charge in [0.25, 0.3) is 17.5 Å². The second kappa shape index (κ2) is 8.64. The molecule has 1 fully saturated rings. The first-order valence-electron chi connectivity index (χ1n) is 9.56. The van der Waals surface area contributed by atoms with Crippen LogP contribution in [0.4, 0.5) is 11.4 Å². The van der Waals surface area contributed by atoms with Gasteiger partial charge in [0, 0.05) is 11.6 Å². The van der Waals surface area contributed by atoms with Crippen molar-refractivity contribution in [1.29, 1.82) is 0 Å². The highest BCUT2D eigenvalue weighted by atomic mass is 35.5. The predicted octanol–water partition coefficient (Wildman–Crippen LogP) is 3.82. The summed E-state index contributed by atoms with van der Waals surface area (Å²) in [5.41, 5.74) is -0.0706. The summed E-state index contributed by atoms with van der Waals surface area (Å²) in [5.74, 6) is -1.29. The van der Waals surface area contributed by atoms with Crippen molar-refractivity contribution < 1.29 is 23.7 Å². The van der Waals surface area contributed by atoms with Crippen LogP contribution >= 0.6 is 11.6 Å². The predicted molar refractivity (Wildman–Crippen MR) is 114 cm³/mol. The molecule has 2 aromatic carbocycles. The number of rotatable bonds is 6. The van der Waals surface area contributed by atoms with Crippen molar-refractivity contribution in [3.05, 3.63) is 93.4 Å². The molecule has 32 heavy (non-hydrogen) atoms. The molecule has 1 saturated heterocycles. The van der Waals surface area contributed by atoms with Crippen LogP contribution in [-0.2, 0) is 16.1 Å². The van der Waals surface area contributed by atoms with Crippen molar-refractivity contribution in [3.63, 3.8) is 0 Å². The van der Waals surface area contributed by atoms with E-state index in [0.29, 0.717) is 11.4 Å². The lowest BCUT2D eigenvalue weighted by Crippen LogP contribution is -2.45. The van der Waals surface area contributed by atoms with Crippen molar-refractivity contribution in [2.45, 2.75) is 19.0 Å². The number of para-hydroxylation sites is 1. The fourth-order valence-electron chi connectivity index (χ4n) is 3.55. The largest absolute Gasteiger partial charge is 0.467 e. The van der Waals surface area contributed by atoms with Gasteiger partial charge in [0.1, 0.15) is 16.8 Å². The Labute approximate surface area is 186 Å². The molecule has 0 saturated carbocycles. The van der Waals surface area contributed by atoms with Crippen LogP contribution in [0.25, 0.3) is 0 Å². The van der Waals surface area contributed by atoms with E-state index in [9.17, 15) is 24.5 Å². The summed E-state index contributed by atoms with van der Waals surface area (Å²) in [4.78, 5) is 52.0. The van der Waals surface area contributed by atoms with Gasteiger partial charge in [-0.1, -0.05) is 29.8 Å². The average Bonchev–Trinajstić information content (AvgIpc) is 3.39. The minimum absolute atomic E-state index is 0.0360. The van der Waals surface area contributed by atoms with Gasteiger partial charge in [-0.2, -0.15) is 0 Å². The van der Waals surface area contributed by atoms with Crippen LogP contribution in [0.15, 0.2) is 71.3 Å². The fraction of sp³-hybridized carbons (Fsp3) is 0.136. The van der Waals surface area contributed by atoms with Crippen LogP contribution < -0.4 is 4.90 Å². The molecule has 1 aliphatic heterocycles. The van der Waals surface area contributed by atoms with Gasteiger partial charge in [0.15, 0.2) is 0 Å². The molecule has 0 radical (unpaired) electrons. The Balaban J connectivity index is 1.71. The first-order valence-corrected chi connectivity index (χ1v) is 9.93. The third-order valence-electron chi connectivity index (χ3n) is 5.07. The van der Waals surface area contributed by atoms with Gasteiger partial charge >= 0.3 is 0 Å². The highest BCUT2D eigenvalue weighted by Gasteiger charge is 2.45. The van der Waals surface area contributed by atoms with Gasteiger partial charge in [-0.3, -0.25) is 24.5 Å². The van der Waals surface area contributed by atoms with E-state index in [1.165, 1.54) is 23.3 Å². The minimum atomic E-state index is -1.10. The van der Waals surface area contributed by atoms with E-state index < -0.39 is 34.4 Å². The van der Waals surface area contributed by atoms with Gasteiger partial charge in [-0.25, -0.2) is 4.90 Å². The number of hydrogen-bond donors (Lipinski definition) is 0. The van der Waals surface area contributed by atoms with E-state index >= 15 is 0 Å². The smallest absolute Gasteiger partial charge is 0.288 e. The first kappa shape index (κ1) is 21.3. The second-order valence-corrected chi connectivity index (χ2v) is 7.47. The Morgan fingerprint density at radius 2 is 1.91 bits per heavy atom. The van der Waals surface area contributed by atoms with Crippen LogP contribution in [0.2, 0.25) is 5.02 Å². The second-order valence-electron chi connectivity index (χ2n) is 7.06. The topological polar surface area (TPSA) is 114 Å². The van der Waals surface area contributed by atoms with E-state index in [0.717, 1.165) is 11.0 Å². The first-order chi connectivity index (χ1) is 15.4. The number of nitro groups is 1. The Kier molecular flexibility index (Phi) is 5.74. The average molecular weight is 454 g/mol. The number of carbonyl (C=O) groups is 3. The van der Waals surface area contributed by atoms with Gasteiger partial charge in [-0.15, -0.1) is 0 Å². The summed E-state index contributed by atoms with van der Waals surface area (Å²) in [6, 6.07) is 14.2. The van der Waals surface area contributed by atoms with E-state index in [1.54, 1.807) is 42.5 Å². The Bertz CT molecular complexity index is 1200. The van der Waals surface area contributed by atoms with Crippen LogP contribution in [0, 0.1) is 10.1 Å². The standard InChI is InChI=1S/C22H16ClN3O6/c23-17-9-8-14(11-18(17)26(30)31)21(28)24(13-16-7-4-10-32-16)19-12-20(27)25(22(19)29)15-5-2-1-3-6-15/h1-11,19H,12-13H2. The lowest BCUT2D eigenvalue weighted by Gasteiger charge is -2.27. The zero-order valence-corrected chi connectivity index (χ0v) is 17.3. The lowest BCUT2D eigenvalue weighted by molar-refractivity contribution is -0.384. The van der Waals surface area contributed by atoms with Crippen molar-refractivity contribution in [3.8, 4) is 0 Å². The molecule has 0 N–H and O–H groups in total. The SMILES string of the molecule is O=C1CC(N(Cc2ccco2)C(=O)c2ccc(Cl)c([N+](=O)[O-])c2)C(=O)N1c1ccccc1. The molecule has 1 unspecified atom stereocenters. The number of hydrogen-bond acceptors (Lipinski definition) is 6. The van der Waals surface area contributed by atoms with Crippen LogP contribution in [-0.4, -0.2) is 33.6 Å². The molecule has 0 bridgehead atoms. The number of carbonyl (C=O) groups excluding carboxylic acids is 3. The Morgan fingerprint density at radius 1 is 1.16 bits per heavy atom. The number of anilines is 1. The number of nitro benzene ring substituents is 1. The van der Waals surface area contributed by atoms with E-state index in [1.807, 2.05) is 0 Å². The van der Waals surface area contributed by atoms with Crippen molar-refractivity contribution in [1.82, 2.24) is 4.90 Å². The van der Waals surface area contributed by atoms with Gasteiger partial charge in [0.2, 0.25) is 5.91 Å². The highest BCUT2D eigenvalue weighted by molar-refractivity contribution is 6.32. The zero-order valence-electron chi connectivity index (χ0n) is 16.5. The highest BCUT2D eigenvalue weighted by Crippen LogP contribution is 2.30. The number of furan rings is 1. The molecular formula is C22H16ClN3O6. The third-order valence-corrected chi connectivity index (χ3v) is 5.39. The van der Waals surface area contributed by atoms with E-state index in [4.69, 9.17) is 16.0 Å². The summed E-state index contributed by atoms with van der Waals surface area (Å²) < 4.78 is 5.33. The summed E-state index contributed by atoms with van der Waals surface area (Å²) in [6.07, 6.45) is 1.19. The number of imide groups is 1. The summed E-state index contributed by atoms with van der Waals surface area (Å²) in [6.45, 7) is -0.103. The maximum Gasteiger partial charge on any atom is 0.288 e. The van der Waals surface area contributed by atoms with Crippen molar-refractivity contribution >= 4 is 40.7 Å². The fourth-order valence-corrected chi connectivity index (χ4v) is 3.74. The molecule has 3 aromatic rings. The molecular weight excluding hydrogens is 438 g/mol. The zero-order chi connectivity index (χ0) is 22.8. The van der Waals surface area contributed by atoms with E-state index in [2.05, 4.69) is 0 Å². The van der Waals surface area contributed by atoms with Crippen molar-refractivity contribution in [2.75, 3.05) is 4.90 Å². The Hall–Kier alpha value is -3.98. The van der Waals surface area contributed by atoms with E-state index in [-0.39, 0.29) is 23.6 Å². The van der Waals surface area contributed by atoms with Crippen LogP contribution in [0.5, 0.6) is 0 Å². The Morgan fingerprint density at radius 3 is 2.56 bits per heavy atom. The van der Waals surface area contributed by atoms with Crippen LogP contribution in [0.3, 0.4) is 0 Å². The summed E-state index contributed by atoms with van der Waals surface area (Å²) >= 11 is 5.86. The minimum Gasteiger partial charge on any atom is -0.467 e. The molecule has 9 nitrogen and oxygen atoms in total. The number of halogens is 1. The monoisotopic (exact) mass is 453 g/mol. The molecule has 162 valence electrons. The molecule has 1 aliphatic rings. The number of benzene rings is 2. The summed E-state index contributed by atoms with van der Waals surface area (Å²) in [5, 5.41) is 11.1. The number of amides is 3. The molecule has 4 rings (SSSR count). The maximum absolute atomic E-state index is 13.4. The lowest BCUT2D eigenvalue weighted by atomic mass is 10.1. The molecule has 1 atom stereocenters. The molecule has 3 amide bonds. The van der Waals surface area contributed by atoms with Gasteiger partial charge < -0.3 is 9.32 Å².